The summed E-state index contributed by atoms with van der Waals surface area (Å²) in [5.41, 5.74) is 5.09. The number of hydrogen-bond donors (Lipinski definition) is 2. The third kappa shape index (κ3) is 3.29. The number of amides is 3. The van der Waals surface area contributed by atoms with Crippen LogP contribution in [0.3, 0.4) is 0 Å². The van der Waals surface area contributed by atoms with Gasteiger partial charge in [0.25, 0.3) is 0 Å². The molecule has 0 radical (unpaired) electrons. The molecule has 1 fully saturated rings. The van der Waals surface area contributed by atoms with Gasteiger partial charge >= 0.3 is 0 Å². The molecule has 3 unspecified atom stereocenters. The molecule has 1 heterocycles. The van der Waals surface area contributed by atoms with Gasteiger partial charge in [0.2, 0.25) is 17.7 Å². The Morgan fingerprint density at radius 1 is 1.50 bits per heavy atom. The maximum Gasteiger partial charge on any atom is 0.247 e. The first-order valence-corrected chi connectivity index (χ1v) is 6.27. The van der Waals surface area contributed by atoms with Gasteiger partial charge in [-0.1, -0.05) is 6.92 Å². The summed E-state index contributed by atoms with van der Waals surface area (Å²) in [5.74, 6) is -0.783. The molecule has 1 aliphatic rings. The lowest BCUT2D eigenvalue weighted by Crippen LogP contribution is -2.45. The fraction of sp³-hybridized carbons (Fsp3) is 0.750. The van der Waals surface area contributed by atoms with Gasteiger partial charge in [-0.15, -0.1) is 0 Å². The van der Waals surface area contributed by atoms with Gasteiger partial charge in [-0.3, -0.25) is 19.3 Å². The van der Waals surface area contributed by atoms with Crippen molar-refractivity contribution in [1.82, 2.24) is 10.2 Å². The van der Waals surface area contributed by atoms with E-state index in [0.717, 1.165) is 6.42 Å². The minimum Gasteiger partial charge on any atom is -0.370 e. The highest BCUT2D eigenvalue weighted by molar-refractivity contribution is 6.05. The fourth-order valence-electron chi connectivity index (χ4n) is 2.13. The van der Waals surface area contributed by atoms with E-state index in [1.54, 1.807) is 6.92 Å². The number of nitrogens with zero attached hydrogens (tertiary/aromatic N) is 1. The summed E-state index contributed by atoms with van der Waals surface area (Å²) in [6, 6.07) is -0.815. The van der Waals surface area contributed by atoms with Crippen molar-refractivity contribution in [2.24, 2.45) is 5.73 Å². The summed E-state index contributed by atoms with van der Waals surface area (Å²) in [5, 5.41) is 2.99. The van der Waals surface area contributed by atoms with E-state index in [0.29, 0.717) is 0 Å². The lowest BCUT2D eigenvalue weighted by Gasteiger charge is -2.22. The SMILES string of the molecule is CCC(C)N1C(=O)CC(NC(C)CC(N)=O)C1=O. The van der Waals surface area contributed by atoms with E-state index in [-0.39, 0.29) is 36.7 Å². The molecular formula is C12H21N3O3. The molecule has 1 aliphatic heterocycles. The third-order valence-corrected chi connectivity index (χ3v) is 3.21. The zero-order valence-corrected chi connectivity index (χ0v) is 11.1. The van der Waals surface area contributed by atoms with E-state index in [1.807, 2.05) is 13.8 Å². The Hall–Kier alpha value is -1.43. The summed E-state index contributed by atoms with van der Waals surface area (Å²) in [6.45, 7) is 5.56. The van der Waals surface area contributed by atoms with Crippen LogP contribution in [-0.4, -0.2) is 40.7 Å². The van der Waals surface area contributed by atoms with Crippen LogP contribution >= 0.6 is 0 Å². The molecular weight excluding hydrogens is 234 g/mol. The summed E-state index contributed by atoms with van der Waals surface area (Å²) in [4.78, 5) is 35.9. The van der Waals surface area contributed by atoms with Gasteiger partial charge in [0.05, 0.1) is 12.5 Å². The van der Waals surface area contributed by atoms with Gasteiger partial charge in [0.15, 0.2) is 0 Å². The second kappa shape index (κ2) is 5.95. The lowest BCUT2D eigenvalue weighted by atomic mass is 10.1. The Morgan fingerprint density at radius 2 is 2.11 bits per heavy atom. The van der Waals surface area contributed by atoms with Crippen molar-refractivity contribution in [2.75, 3.05) is 0 Å². The third-order valence-electron chi connectivity index (χ3n) is 3.21. The van der Waals surface area contributed by atoms with Crippen LogP contribution in [0.15, 0.2) is 0 Å². The molecule has 3 N–H and O–H groups in total. The van der Waals surface area contributed by atoms with Crippen LogP contribution in [0.25, 0.3) is 0 Å². The van der Waals surface area contributed by atoms with Crippen molar-refractivity contribution in [1.29, 1.82) is 0 Å². The van der Waals surface area contributed by atoms with E-state index in [4.69, 9.17) is 5.73 Å². The number of likely N-dealkylation sites (tertiary alicyclic amines) is 1. The number of carbonyl (C=O) groups excluding carboxylic acids is 3. The minimum atomic E-state index is -0.527. The van der Waals surface area contributed by atoms with Gasteiger partial charge in [0.1, 0.15) is 0 Å². The molecule has 6 nitrogen and oxygen atoms in total. The molecule has 1 rings (SSSR count). The van der Waals surface area contributed by atoms with Crippen molar-refractivity contribution in [3.05, 3.63) is 0 Å². The number of carbonyl (C=O) groups is 3. The van der Waals surface area contributed by atoms with E-state index < -0.39 is 11.9 Å². The molecule has 18 heavy (non-hydrogen) atoms. The van der Waals surface area contributed by atoms with E-state index in [1.165, 1.54) is 4.90 Å². The zero-order chi connectivity index (χ0) is 13.9. The Labute approximate surface area is 107 Å². The smallest absolute Gasteiger partial charge is 0.247 e. The number of hydrogen-bond acceptors (Lipinski definition) is 4. The van der Waals surface area contributed by atoms with Crippen LogP contribution in [0.1, 0.15) is 40.0 Å². The standard InChI is InChI=1S/C12H21N3O3/c1-4-8(3)15-11(17)6-9(12(15)18)14-7(2)5-10(13)16/h7-9,14H,4-6H2,1-3H3,(H2,13,16). The zero-order valence-electron chi connectivity index (χ0n) is 11.1. The fourth-order valence-corrected chi connectivity index (χ4v) is 2.13. The maximum atomic E-state index is 12.1. The Kier molecular flexibility index (Phi) is 4.84. The minimum absolute atomic E-state index is 0.0803. The molecule has 0 aromatic carbocycles. The van der Waals surface area contributed by atoms with Crippen molar-refractivity contribution in [3.8, 4) is 0 Å². The molecule has 0 aliphatic carbocycles. The predicted octanol–water partition coefficient (Wildman–Crippen LogP) is -0.234. The Bertz CT molecular complexity index is 356. The summed E-state index contributed by atoms with van der Waals surface area (Å²) in [7, 11) is 0. The molecule has 6 heteroatoms. The second-order valence-electron chi connectivity index (χ2n) is 4.85. The number of primary amides is 1. The quantitative estimate of drug-likeness (QED) is 0.641. The summed E-state index contributed by atoms with van der Waals surface area (Å²) >= 11 is 0. The molecule has 0 aromatic heterocycles. The van der Waals surface area contributed by atoms with E-state index in [2.05, 4.69) is 5.32 Å². The van der Waals surface area contributed by atoms with Crippen molar-refractivity contribution in [3.63, 3.8) is 0 Å². The van der Waals surface area contributed by atoms with Gasteiger partial charge < -0.3 is 11.1 Å². The van der Waals surface area contributed by atoms with Gasteiger partial charge in [0, 0.05) is 18.5 Å². The van der Waals surface area contributed by atoms with Crippen LogP contribution in [0.5, 0.6) is 0 Å². The number of nitrogens with two attached hydrogens (primary N) is 1. The lowest BCUT2D eigenvalue weighted by molar-refractivity contribution is -0.141. The van der Waals surface area contributed by atoms with Crippen molar-refractivity contribution in [2.45, 2.75) is 58.2 Å². The first-order chi connectivity index (χ1) is 8.36. The highest BCUT2D eigenvalue weighted by Crippen LogP contribution is 2.18. The Morgan fingerprint density at radius 3 is 2.61 bits per heavy atom. The van der Waals surface area contributed by atoms with Crippen LogP contribution in [0.4, 0.5) is 0 Å². The topological polar surface area (TPSA) is 92.5 Å². The molecule has 102 valence electrons. The average molecular weight is 255 g/mol. The molecule has 0 aromatic rings. The van der Waals surface area contributed by atoms with Crippen molar-refractivity contribution >= 4 is 17.7 Å². The summed E-state index contributed by atoms with van der Waals surface area (Å²) < 4.78 is 0. The highest BCUT2D eigenvalue weighted by atomic mass is 16.2. The molecule has 3 amide bonds. The van der Waals surface area contributed by atoms with E-state index in [9.17, 15) is 14.4 Å². The Balaban J connectivity index is 2.63. The highest BCUT2D eigenvalue weighted by Gasteiger charge is 2.40. The summed E-state index contributed by atoms with van der Waals surface area (Å²) in [6.07, 6.45) is 1.05. The normalized spacial score (nSPS) is 23.3. The van der Waals surface area contributed by atoms with Crippen LogP contribution < -0.4 is 11.1 Å². The van der Waals surface area contributed by atoms with Gasteiger partial charge in [-0.25, -0.2) is 0 Å². The van der Waals surface area contributed by atoms with Gasteiger partial charge in [-0.05, 0) is 20.3 Å². The largest absolute Gasteiger partial charge is 0.370 e. The molecule has 0 bridgehead atoms. The molecule has 0 spiro atoms. The maximum absolute atomic E-state index is 12.1. The average Bonchev–Trinajstić information content (AvgIpc) is 2.52. The van der Waals surface area contributed by atoms with Gasteiger partial charge in [-0.2, -0.15) is 0 Å². The number of rotatable bonds is 6. The molecule has 0 saturated carbocycles. The van der Waals surface area contributed by atoms with E-state index >= 15 is 0 Å². The first kappa shape index (κ1) is 14.6. The number of nitrogens with one attached hydrogen (secondary N) is 1. The van der Waals surface area contributed by atoms with Crippen LogP contribution in [0.2, 0.25) is 0 Å². The molecule has 1 saturated heterocycles. The van der Waals surface area contributed by atoms with Crippen LogP contribution in [0, 0.1) is 0 Å². The predicted molar refractivity (Wildman–Crippen MR) is 66.4 cm³/mol. The molecule has 3 atom stereocenters. The first-order valence-electron chi connectivity index (χ1n) is 6.27. The number of imide groups is 1. The monoisotopic (exact) mass is 255 g/mol. The second-order valence-corrected chi connectivity index (χ2v) is 4.85. The van der Waals surface area contributed by atoms with Crippen molar-refractivity contribution < 1.29 is 14.4 Å². The van der Waals surface area contributed by atoms with Crippen LogP contribution in [-0.2, 0) is 14.4 Å².